The van der Waals surface area contributed by atoms with Crippen molar-refractivity contribution in [2.24, 2.45) is 0 Å². The lowest BCUT2D eigenvalue weighted by molar-refractivity contribution is -0.145. The number of benzene rings is 3. The van der Waals surface area contributed by atoms with E-state index in [4.69, 9.17) is 18.9 Å². The normalized spacial score (nSPS) is 13.4. The Morgan fingerprint density at radius 3 is 1.72 bits per heavy atom. The van der Waals surface area contributed by atoms with Crippen molar-refractivity contribution in [3.63, 3.8) is 0 Å². The largest absolute Gasteiger partial charge is 0.491 e. The monoisotopic (exact) mass is 537 g/mol. The third kappa shape index (κ3) is 11.4. The molecule has 8 heteroatoms. The molecule has 39 heavy (non-hydrogen) atoms. The summed E-state index contributed by atoms with van der Waals surface area (Å²) >= 11 is 0. The van der Waals surface area contributed by atoms with Crippen LogP contribution < -0.4 is 14.2 Å². The number of para-hydroxylation sites is 2. The fraction of sp³-hybridized carbons (Fsp3) is 0.387. The first-order chi connectivity index (χ1) is 18.9. The van der Waals surface area contributed by atoms with Crippen LogP contribution in [0.5, 0.6) is 17.2 Å². The van der Waals surface area contributed by atoms with E-state index in [1.807, 2.05) is 89.8 Å². The summed E-state index contributed by atoms with van der Waals surface area (Å²) in [5, 5.41) is 21.5. The Morgan fingerprint density at radius 2 is 1.23 bits per heavy atom. The maximum absolute atomic E-state index is 11.5. The molecule has 3 aromatic rings. The molecule has 0 unspecified atom stereocenters. The van der Waals surface area contributed by atoms with Crippen molar-refractivity contribution in [1.29, 1.82) is 0 Å². The summed E-state index contributed by atoms with van der Waals surface area (Å²) in [5.74, 6) is 1.56. The van der Waals surface area contributed by atoms with Crippen molar-refractivity contribution in [2.45, 2.75) is 38.5 Å². The van der Waals surface area contributed by atoms with Gasteiger partial charge < -0.3 is 29.2 Å². The summed E-state index contributed by atoms with van der Waals surface area (Å²) in [4.78, 5) is 13.6. The Morgan fingerprint density at radius 1 is 0.744 bits per heavy atom. The number of hydrogen-bond acceptors (Lipinski definition) is 8. The minimum Gasteiger partial charge on any atom is -0.491 e. The number of ether oxygens (including phenoxy) is 4. The van der Waals surface area contributed by atoms with E-state index in [0.717, 1.165) is 5.56 Å². The molecule has 0 aliphatic heterocycles. The van der Waals surface area contributed by atoms with E-state index in [0.29, 0.717) is 43.4 Å². The molecule has 0 spiro atoms. The fourth-order valence-corrected chi connectivity index (χ4v) is 4.04. The van der Waals surface area contributed by atoms with Gasteiger partial charge in [0.15, 0.2) is 6.61 Å². The number of rotatable bonds is 17. The van der Waals surface area contributed by atoms with Gasteiger partial charge in [-0.3, -0.25) is 4.90 Å². The smallest absolute Gasteiger partial charge is 0.344 e. The lowest BCUT2D eigenvalue weighted by Crippen LogP contribution is -2.46. The van der Waals surface area contributed by atoms with E-state index < -0.39 is 18.2 Å². The van der Waals surface area contributed by atoms with Crippen LogP contribution in [0.25, 0.3) is 0 Å². The minimum atomic E-state index is -0.756. The summed E-state index contributed by atoms with van der Waals surface area (Å²) in [5.41, 5.74) is 1.06. The molecule has 0 bridgehead atoms. The van der Waals surface area contributed by atoms with Gasteiger partial charge >= 0.3 is 5.97 Å². The van der Waals surface area contributed by atoms with E-state index >= 15 is 0 Å². The molecule has 0 aromatic heterocycles. The van der Waals surface area contributed by atoms with E-state index in [2.05, 4.69) is 6.92 Å². The molecule has 0 fully saturated rings. The first-order valence-electron chi connectivity index (χ1n) is 13.3. The van der Waals surface area contributed by atoms with Crippen LogP contribution in [0.1, 0.15) is 19.4 Å². The topological polar surface area (TPSA) is 97.7 Å². The van der Waals surface area contributed by atoms with E-state index in [9.17, 15) is 15.0 Å². The lowest BCUT2D eigenvalue weighted by atomic mass is 10.0. The Kier molecular flexibility index (Phi) is 12.6. The standard InChI is InChI=1S/C31H39NO7/c1-3-36-31(35)23-39-30-16-14-25(15-17-30)18-24(2)32(19-26(33)21-37-28-10-6-4-7-11-28)20-27(34)22-38-29-12-8-5-9-13-29/h4-17,24,26-27,33-34H,3,18-23H2,1-2H3/t24-,26+,27+/m1/s1. The van der Waals surface area contributed by atoms with Gasteiger partial charge in [-0.15, -0.1) is 0 Å². The quantitative estimate of drug-likeness (QED) is 0.252. The second-order valence-electron chi connectivity index (χ2n) is 9.30. The zero-order valence-corrected chi connectivity index (χ0v) is 22.6. The summed E-state index contributed by atoms with van der Waals surface area (Å²) in [6.45, 7) is 4.89. The van der Waals surface area contributed by atoms with Crippen LogP contribution in [-0.2, 0) is 16.0 Å². The second-order valence-corrected chi connectivity index (χ2v) is 9.30. The van der Waals surface area contributed by atoms with Crippen molar-refractivity contribution in [3.05, 3.63) is 90.5 Å². The zero-order valence-electron chi connectivity index (χ0n) is 22.6. The molecular weight excluding hydrogens is 498 g/mol. The van der Waals surface area contributed by atoms with Crippen molar-refractivity contribution in [1.82, 2.24) is 4.90 Å². The summed E-state index contributed by atoms with van der Waals surface area (Å²) < 4.78 is 21.8. The van der Waals surface area contributed by atoms with Crippen LogP contribution >= 0.6 is 0 Å². The second kappa shape index (κ2) is 16.4. The average molecular weight is 538 g/mol. The van der Waals surface area contributed by atoms with Gasteiger partial charge in [0.2, 0.25) is 0 Å². The first kappa shape index (κ1) is 30.0. The molecule has 0 amide bonds. The zero-order chi connectivity index (χ0) is 27.9. The molecule has 0 aliphatic carbocycles. The molecular formula is C31H39NO7. The predicted octanol–water partition coefficient (Wildman–Crippen LogP) is 3.74. The van der Waals surface area contributed by atoms with Crippen molar-refractivity contribution >= 4 is 5.97 Å². The summed E-state index contributed by atoms with van der Waals surface area (Å²) in [7, 11) is 0. The third-order valence-corrected chi connectivity index (χ3v) is 6.00. The summed E-state index contributed by atoms with van der Waals surface area (Å²) in [6.07, 6.45) is -0.835. The third-order valence-electron chi connectivity index (χ3n) is 6.00. The van der Waals surface area contributed by atoms with Crippen LogP contribution in [0.15, 0.2) is 84.9 Å². The van der Waals surface area contributed by atoms with Gasteiger partial charge in [-0.2, -0.15) is 0 Å². The minimum absolute atomic E-state index is 0.00551. The lowest BCUT2D eigenvalue weighted by Gasteiger charge is -2.32. The molecule has 3 rings (SSSR count). The maximum atomic E-state index is 11.5. The highest BCUT2D eigenvalue weighted by molar-refractivity contribution is 5.71. The number of hydrogen-bond donors (Lipinski definition) is 2. The number of aliphatic hydroxyl groups excluding tert-OH is 2. The molecule has 0 saturated heterocycles. The van der Waals surface area contributed by atoms with Crippen molar-refractivity contribution < 1.29 is 34.0 Å². The Labute approximate surface area is 230 Å². The maximum Gasteiger partial charge on any atom is 0.344 e. The molecule has 8 nitrogen and oxygen atoms in total. The highest BCUT2D eigenvalue weighted by atomic mass is 16.6. The molecule has 3 atom stereocenters. The van der Waals surface area contributed by atoms with Gasteiger partial charge in [0.05, 0.1) is 6.61 Å². The van der Waals surface area contributed by atoms with Crippen LogP contribution in [0, 0.1) is 0 Å². The number of carbonyl (C=O) groups is 1. The average Bonchev–Trinajstić information content (AvgIpc) is 2.95. The van der Waals surface area contributed by atoms with Crippen LogP contribution in [0.4, 0.5) is 0 Å². The Hall–Kier alpha value is -3.59. The van der Waals surface area contributed by atoms with Gasteiger partial charge in [0.25, 0.3) is 0 Å². The van der Waals surface area contributed by atoms with E-state index in [-0.39, 0.29) is 25.9 Å². The number of aliphatic hydroxyl groups is 2. The summed E-state index contributed by atoms with van der Waals surface area (Å²) in [6, 6.07) is 26.2. The molecule has 0 radical (unpaired) electrons. The Bertz CT molecular complexity index is 1030. The first-order valence-corrected chi connectivity index (χ1v) is 13.3. The number of nitrogens with zero attached hydrogens (tertiary/aromatic N) is 1. The molecule has 0 saturated carbocycles. The van der Waals surface area contributed by atoms with Crippen molar-refractivity contribution in [3.8, 4) is 17.2 Å². The van der Waals surface area contributed by atoms with Crippen LogP contribution in [0.2, 0.25) is 0 Å². The highest BCUT2D eigenvalue weighted by Crippen LogP contribution is 2.17. The highest BCUT2D eigenvalue weighted by Gasteiger charge is 2.22. The molecule has 2 N–H and O–H groups in total. The van der Waals surface area contributed by atoms with Crippen LogP contribution in [0.3, 0.4) is 0 Å². The molecule has 210 valence electrons. The van der Waals surface area contributed by atoms with Crippen molar-refractivity contribution in [2.75, 3.05) is 39.5 Å². The van der Waals surface area contributed by atoms with Gasteiger partial charge in [0, 0.05) is 19.1 Å². The fourth-order valence-electron chi connectivity index (χ4n) is 4.04. The molecule has 0 aliphatic rings. The van der Waals surface area contributed by atoms with Gasteiger partial charge in [-0.1, -0.05) is 48.5 Å². The van der Waals surface area contributed by atoms with E-state index in [1.54, 1.807) is 6.92 Å². The van der Waals surface area contributed by atoms with Gasteiger partial charge in [-0.25, -0.2) is 4.79 Å². The van der Waals surface area contributed by atoms with E-state index in [1.165, 1.54) is 0 Å². The van der Waals surface area contributed by atoms with Gasteiger partial charge in [0.1, 0.15) is 42.7 Å². The van der Waals surface area contributed by atoms with Gasteiger partial charge in [-0.05, 0) is 62.2 Å². The molecule has 3 aromatic carbocycles. The predicted molar refractivity (Wildman–Crippen MR) is 149 cm³/mol. The Balaban J connectivity index is 1.58. The number of carbonyl (C=O) groups excluding carboxylic acids is 1. The molecule has 0 heterocycles. The van der Waals surface area contributed by atoms with Crippen LogP contribution in [-0.4, -0.2) is 78.8 Å². The SMILES string of the molecule is CCOC(=O)COc1ccc(C[C@@H](C)N(C[C@H](O)COc2ccccc2)C[C@H](O)COc2ccccc2)cc1. The number of esters is 1.